The minimum Gasteiger partial charge on any atom is -0.480 e. The number of carbonyl (C=O) groups is 5. The Kier molecular flexibility index (Phi) is 10.6. The molecule has 0 spiro atoms. The van der Waals surface area contributed by atoms with Crippen molar-refractivity contribution in [1.82, 2.24) is 20.9 Å². The Balaban J connectivity index is 2.10. The predicted molar refractivity (Wildman–Crippen MR) is 134 cm³/mol. The van der Waals surface area contributed by atoms with Crippen LogP contribution in [0.15, 0.2) is 24.3 Å². The molecule has 1 aromatic carbocycles. The normalized spacial score (nSPS) is 16.8. The summed E-state index contributed by atoms with van der Waals surface area (Å²) >= 11 is 0. The number of carbonyl (C=O) groups excluding carboxylic acids is 4. The van der Waals surface area contributed by atoms with Gasteiger partial charge in [-0.15, -0.1) is 0 Å². The van der Waals surface area contributed by atoms with Crippen LogP contribution < -0.4 is 16.0 Å². The Labute approximate surface area is 215 Å². The summed E-state index contributed by atoms with van der Waals surface area (Å²) in [4.78, 5) is 63.2. The number of hydrogen-bond acceptors (Lipinski definition) is 7. The zero-order chi connectivity index (χ0) is 27.9. The van der Waals surface area contributed by atoms with E-state index >= 15 is 0 Å². The van der Waals surface area contributed by atoms with Gasteiger partial charge < -0.3 is 36.0 Å². The first-order valence-corrected chi connectivity index (χ1v) is 12.2. The molecular formula is C24H35BN4O8. The number of aliphatic carboxylic acids is 1. The molecule has 0 bridgehead atoms. The average molecular weight is 518 g/mol. The van der Waals surface area contributed by atoms with E-state index in [1.54, 1.807) is 27.7 Å². The molecule has 1 aliphatic rings. The SMILES string of the molecule is CC(C)[C@H](NC(=O)[C@@H]1CCCN1C(=O)[C@@H](NC(=O)c1ccc(C(=O)NCC(=O)O)cc1)C(C)C)B(O)O. The number of rotatable bonds is 11. The van der Waals surface area contributed by atoms with Crippen molar-refractivity contribution < 1.29 is 39.1 Å². The molecule has 37 heavy (non-hydrogen) atoms. The van der Waals surface area contributed by atoms with Crippen LogP contribution in [-0.4, -0.2) is 87.9 Å². The van der Waals surface area contributed by atoms with Gasteiger partial charge >= 0.3 is 13.1 Å². The second kappa shape index (κ2) is 13.2. The fraction of sp³-hybridized carbons (Fsp3) is 0.542. The minimum atomic E-state index is -1.74. The maximum absolute atomic E-state index is 13.4. The highest BCUT2D eigenvalue weighted by molar-refractivity contribution is 6.43. The molecule has 0 saturated carbocycles. The third-order valence-electron chi connectivity index (χ3n) is 6.22. The van der Waals surface area contributed by atoms with E-state index in [1.807, 2.05) is 0 Å². The molecule has 13 heteroatoms. The maximum atomic E-state index is 13.4. The van der Waals surface area contributed by atoms with E-state index in [-0.39, 0.29) is 23.0 Å². The monoisotopic (exact) mass is 518 g/mol. The Bertz CT molecular complexity index is 991. The van der Waals surface area contributed by atoms with E-state index in [4.69, 9.17) is 5.11 Å². The predicted octanol–water partition coefficient (Wildman–Crippen LogP) is -0.601. The fourth-order valence-electron chi connectivity index (χ4n) is 4.10. The van der Waals surface area contributed by atoms with Crippen molar-refractivity contribution >= 4 is 36.7 Å². The van der Waals surface area contributed by atoms with E-state index in [0.29, 0.717) is 19.4 Å². The van der Waals surface area contributed by atoms with Gasteiger partial charge in [-0.2, -0.15) is 0 Å². The molecule has 0 aliphatic carbocycles. The van der Waals surface area contributed by atoms with Gasteiger partial charge in [0.15, 0.2) is 0 Å². The van der Waals surface area contributed by atoms with E-state index < -0.39 is 61.3 Å². The average Bonchev–Trinajstić information content (AvgIpc) is 3.33. The van der Waals surface area contributed by atoms with Gasteiger partial charge in [0.2, 0.25) is 11.8 Å². The number of likely N-dealkylation sites (tertiary alicyclic amines) is 1. The number of hydrogen-bond donors (Lipinski definition) is 6. The zero-order valence-corrected chi connectivity index (χ0v) is 21.4. The molecule has 1 aliphatic heterocycles. The van der Waals surface area contributed by atoms with Crippen LogP contribution >= 0.6 is 0 Å². The van der Waals surface area contributed by atoms with Gasteiger partial charge in [-0.1, -0.05) is 27.7 Å². The summed E-state index contributed by atoms with van der Waals surface area (Å²) in [5.74, 6) is -4.67. The van der Waals surface area contributed by atoms with E-state index in [1.165, 1.54) is 29.2 Å². The summed E-state index contributed by atoms with van der Waals surface area (Å²) in [6.45, 7) is 6.79. The van der Waals surface area contributed by atoms with Crippen LogP contribution in [0.25, 0.3) is 0 Å². The third-order valence-corrected chi connectivity index (χ3v) is 6.22. The van der Waals surface area contributed by atoms with Crippen molar-refractivity contribution in [3.63, 3.8) is 0 Å². The smallest absolute Gasteiger partial charge is 0.475 e. The van der Waals surface area contributed by atoms with Crippen LogP contribution in [0.4, 0.5) is 0 Å². The lowest BCUT2D eigenvalue weighted by Crippen LogP contribution is -2.58. The highest BCUT2D eigenvalue weighted by atomic mass is 16.4. The highest BCUT2D eigenvalue weighted by Crippen LogP contribution is 2.21. The number of nitrogens with zero attached hydrogens (tertiary/aromatic N) is 1. The van der Waals surface area contributed by atoms with Gasteiger partial charge in [0.1, 0.15) is 18.6 Å². The lowest BCUT2D eigenvalue weighted by molar-refractivity contribution is -0.140. The summed E-state index contributed by atoms with van der Waals surface area (Å²) in [6, 6.07) is 3.81. The Morgan fingerprint density at radius 3 is 2.00 bits per heavy atom. The van der Waals surface area contributed by atoms with Crippen LogP contribution in [0.1, 0.15) is 61.3 Å². The van der Waals surface area contributed by atoms with Gasteiger partial charge in [-0.3, -0.25) is 24.0 Å². The van der Waals surface area contributed by atoms with Crippen molar-refractivity contribution in [3.05, 3.63) is 35.4 Å². The van der Waals surface area contributed by atoms with Gasteiger partial charge in [-0.25, -0.2) is 0 Å². The van der Waals surface area contributed by atoms with Crippen molar-refractivity contribution in [2.75, 3.05) is 13.1 Å². The topological polar surface area (TPSA) is 185 Å². The molecule has 1 fully saturated rings. The molecule has 3 atom stereocenters. The third kappa shape index (κ3) is 8.02. The lowest BCUT2D eigenvalue weighted by atomic mass is 9.73. The number of amides is 4. The van der Waals surface area contributed by atoms with E-state index in [9.17, 15) is 34.0 Å². The molecule has 2 rings (SSSR count). The Morgan fingerprint density at radius 1 is 0.946 bits per heavy atom. The Hall–Kier alpha value is -3.45. The van der Waals surface area contributed by atoms with Crippen LogP contribution in [0, 0.1) is 11.8 Å². The fourth-order valence-corrected chi connectivity index (χ4v) is 4.10. The molecule has 1 saturated heterocycles. The lowest BCUT2D eigenvalue weighted by Gasteiger charge is -2.32. The van der Waals surface area contributed by atoms with Crippen molar-refractivity contribution in [1.29, 1.82) is 0 Å². The number of carboxylic acid groups (broad SMARTS) is 1. The molecule has 1 aromatic rings. The van der Waals surface area contributed by atoms with E-state index in [0.717, 1.165) is 0 Å². The van der Waals surface area contributed by atoms with Gasteiger partial charge in [0, 0.05) is 17.7 Å². The standard InChI is InChI=1S/C24H35BN4O8/c1-13(2)19(27-22(33)16-9-7-15(8-10-16)21(32)26-12-18(30)31)24(35)29-11-5-6-17(29)23(34)28-20(14(3)4)25(36)37/h7-10,13-14,17,19-20,36-37H,5-6,11-12H2,1-4H3,(H,26,32)(H,27,33)(H,28,34)(H,30,31)/t17-,19-,20-/m0/s1. The molecular weight excluding hydrogens is 483 g/mol. The molecule has 0 unspecified atom stereocenters. The van der Waals surface area contributed by atoms with Crippen LogP contribution in [0.2, 0.25) is 0 Å². The highest BCUT2D eigenvalue weighted by Gasteiger charge is 2.40. The maximum Gasteiger partial charge on any atom is 0.475 e. The molecule has 12 nitrogen and oxygen atoms in total. The summed E-state index contributed by atoms with van der Waals surface area (Å²) in [7, 11) is -1.74. The molecule has 1 heterocycles. The van der Waals surface area contributed by atoms with Crippen LogP contribution in [-0.2, 0) is 14.4 Å². The molecule has 202 valence electrons. The van der Waals surface area contributed by atoms with E-state index in [2.05, 4.69) is 16.0 Å². The molecule has 0 radical (unpaired) electrons. The first-order chi connectivity index (χ1) is 17.3. The number of nitrogens with one attached hydrogen (secondary N) is 3. The van der Waals surface area contributed by atoms with Crippen molar-refractivity contribution in [2.24, 2.45) is 11.8 Å². The zero-order valence-electron chi connectivity index (χ0n) is 21.4. The minimum absolute atomic E-state index is 0.174. The quantitative estimate of drug-likeness (QED) is 0.210. The summed E-state index contributed by atoms with van der Waals surface area (Å²) in [5, 5.41) is 35.4. The second-order valence-corrected chi connectivity index (χ2v) is 9.73. The van der Waals surface area contributed by atoms with Crippen molar-refractivity contribution in [2.45, 2.75) is 58.6 Å². The van der Waals surface area contributed by atoms with Crippen LogP contribution in [0.3, 0.4) is 0 Å². The number of carboxylic acids is 1. The van der Waals surface area contributed by atoms with Gasteiger partial charge in [-0.05, 0) is 48.9 Å². The van der Waals surface area contributed by atoms with Crippen molar-refractivity contribution in [3.8, 4) is 0 Å². The summed E-state index contributed by atoms with van der Waals surface area (Å²) in [6.07, 6.45) is 0.996. The summed E-state index contributed by atoms with van der Waals surface area (Å²) in [5.41, 5.74) is 0.369. The first-order valence-electron chi connectivity index (χ1n) is 12.2. The van der Waals surface area contributed by atoms with Gasteiger partial charge in [0.25, 0.3) is 11.8 Å². The molecule has 6 N–H and O–H groups in total. The molecule has 4 amide bonds. The summed E-state index contributed by atoms with van der Waals surface area (Å²) < 4.78 is 0. The Morgan fingerprint density at radius 2 is 1.51 bits per heavy atom. The number of benzene rings is 1. The first kappa shape index (κ1) is 29.8. The largest absolute Gasteiger partial charge is 0.480 e. The molecule has 0 aromatic heterocycles. The van der Waals surface area contributed by atoms with Crippen LogP contribution in [0.5, 0.6) is 0 Å². The van der Waals surface area contributed by atoms with Gasteiger partial charge in [0.05, 0.1) is 5.94 Å². The second-order valence-electron chi connectivity index (χ2n) is 9.73.